The fourth-order valence-corrected chi connectivity index (χ4v) is 4.47. The zero-order valence-electron chi connectivity index (χ0n) is 16.8. The van der Waals surface area contributed by atoms with Gasteiger partial charge in [0, 0.05) is 4.47 Å². The molecule has 1 heterocycles. The Labute approximate surface area is 197 Å². The van der Waals surface area contributed by atoms with Crippen LogP contribution in [0.15, 0.2) is 45.8 Å². The Hall–Kier alpha value is -2.56. The number of thiocarbonyl (C=S) groups is 1. The Morgan fingerprint density at radius 2 is 1.84 bits per heavy atom. The Balaban J connectivity index is 1.92. The van der Waals surface area contributed by atoms with E-state index in [1.807, 2.05) is 12.1 Å². The molecule has 0 aromatic heterocycles. The van der Waals surface area contributed by atoms with Gasteiger partial charge >= 0.3 is 5.97 Å². The molecule has 0 atom stereocenters. The van der Waals surface area contributed by atoms with Crippen LogP contribution in [0.1, 0.15) is 5.56 Å². The summed E-state index contributed by atoms with van der Waals surface area (Å²) in [4.78, 5) is 26.3. The van der Waals surface area contributed by atoms with E-state index in [-0.39, 0.29) is 12.5 Å². The van der Waals surface area contributed by atoms with E-state index in [1.54, 1.807) is 37.5 Å². The van der Waals surface area contributed by atoms with Crippen molar-refractivity contribution < 1.29 is 28.5 Å². The summed E-state index contributed by atoms with van der Waals surface area (Å²) in [6.45, 7) is -0.254. The van der Waals surface area contributed by atoms with Gasteiger partial charge in [0.25, 0.3) is 5.91 Å². The van der Waals surface area contributed by atoms with Gasteiger partial charge in [0.2, 0.25) is 0 Å². The first-order chi connectivity index (χ1) is 14.9. The summed E-state index contributed by atoms with van der Waals surface area (Å²) in [5.74, 6) is 0.547. The molecule has 2 aromatic carbocycles. The van der Waals surface area contributed by atoms with Crippen LogP contribution in [0.5, 0.6) is 17.2 Å². The molecular formula is C21H18BrNO6S2. The van der Waals surface area contributed by atoms with Gasteiger partial charge in [0.1, 0.15) is 5.75 Å². The molecule has 3 rings (SSSR count). The highest BCUT2D eigenvalue weighted by Crippen LogP contribution is 2.41. The summed E-state index contributed by atoms with van der Waals surface area (Å²) in [6, 6.07) is 10.5. The number of carbonyl (C=O) groups is 2. The molecule has 1 aliphatic rings. The topological polar surface area (TPSA) is 74.3 Å². The average molecular weight is 524 g/mol. The Morgan fingerprint density at radius 1 is 1.13 bits per heavy atom. The number of thioether (sulfide) groups is 1. The van der Waals surface area contributed by atoms with Crippen molar-refractivity contribution in [1.29, 1.82) is 0 Å². The van der Waals surface area contributed by atoms with E-state index in [2.05, 4.69) is 20.7 Å². The van der Waals surface area contributed by atoms with Gasteiger partial charge < -0.3 is 18.9 Å². The SMILES string of the molecule is COC(=O)COc1cc(Br)c(/C=C2/SC(=S)N(c3ccccc3OC)C2=O)cc1OC. The maximum Gasteiger partial charge on any atom is 0.343 e. The number of rotatable bonds is 7. The van der Waals surface area contributed by atoms with Crippen LogP contribution in [0.2, 0.25) is 0 Å². The van der Waals surface area contributed by atoms with E-state index in [9.17, 15) is 9.59 Å². The third kappa shape index (κ3) is 5.03. The van der Waals surface area contributed by atoms with Crippen molar-refractivity contribution in [2.45, 2.75) is 0 Å². The standard InChI is InChI=1S/C21H18BrNO6S2/c1-26-15-7-5-4-6-14(15)23-20(25)18(31-21(23)30)9-12-8-16(27-2)17(10-13(12)22)29-11-19(24)28-3/h4-10H,11H2,1-3H3/b18-9+. The summed E-state index contributed by atoms with van der Waals surface area (Å²) < 4.78 is 21.8. The number of benzene rings is 2. The van der Waals surface area contributed by atoms with E-state index >= 15 is 0 Å². The zero-order chi connectivity index (χ0) is 22.5. The summed E-state index contributed by atoms with van der Waals surface area (Å²) in [6.07, 6.45) is 1.71. The van der Waals surface area contributed by atoms with Crippen molar-refractivity contribution >= 4 is 67.9 Å². The number of hydrogen-bond donors (Lipinski definition) is 0. The molecule has 0 unspecified atom stereocenters. The minimum Gasteiger partial charge on any atom is -0.495 e. The maximum atomic E-state index is 13.1. The maximum absolute atomic E-state index is 13.1. The van der Waals surface area contributed by atoms with Gasteiger partial charge in [-0.05, 0) is 35.9 Å². The highest BCUT2D eigenvalue weighted by atomic mass is 79.9. The lowest BCUT2D eigenvalue weighted by atomic mass is 10.1. The van der Waals surface area contributed by atoms with E-state index in [0.29, 0.717) is 42.2 Å². The van der Waals surface area contributed by atoms with Crippen LogP contribution in [0, 0.1) is 0 Å². The van der Waals surface area contributed by atoms with Crippen molar-refractivity contribution in [3.63, 3.8) is 0 Å². The van der Waals surface area contributed by atoms with Crippen LogP contribution in [0.25, 0.3) is 6.08 Å². The van der Waals surface area contributed by atoms with Crippen molar-refractivity contribution in [2.75, 3.05) is 32.8 Å². The molecular weight excluding hydrogens is 506 g/mol. The lowest BCUT2D eigenvalue weighted by Crippen LogP contribution is -2.27. The van der Waals surface area contributed by atoms with Crippen LogP contribution in [0.3, 0.4) is 0 Å². The van der Waals surface area contributed by atoms with Gasteiger partial charge in [-0.25, -0.2) is 4.79 Å². The van der Waals surface area contributed by atoms with E-state index < -0.39 is 5.97 Å². The number of para-hydroxylation sites is 2. The largest absolute Gasteiger partial charge is 0.495 e. The highest BCUT2D eigenvalue weighted by Gasteiger charge is 2.35. The summed E-state index contributed by atoms with van der Waals surface area (Å²) >= 11 is 10.1. The quantitative estimate of drug-likeness (QED) is 0.300. The van der Waals surface area contributed by atoms with Gasteiger partial charge in [-0.3, -0.25) is 9.69 Å². The fraction of sp³-hybridized carbons (Fsp3) is 0.190. The summed E-state index contributed by atoms with van der Waals surface area (Å²) in [5, 5.41) is 0. The minimum atomic E-state index is -0.512. The van der Waals surface area contributed by atoms with E-state index in [0.717, 1.165) is 0 Å². The second-order valence-electron chi connectivity index (χ2n) is 6.08. The van der Waals surface area contributed by atoms with Crippen LogP contribution in [-0.4, -0.2) is 44.1 Å². The minimum absolute atomic E-state index is 0.253. The first kappa shape index (κ1) is 23.1. The molecule has 31 heavy (non-hydrogen) atoms. The first-order valence-corrected chi connectivity index (χ1v) is 10.9. The van der Waals surface area contributed by atoms with Gasteiger partial charge in [0.15, 0.2) is 22.4 Å². The van der Waals surface area contributed by atoms with Gasteiger partial charge in [-0.2, -0.15) is 0 Å². The molecule has 1 fully saturated rings. The number of hydrogen-bond acceptors (Lipinski definition) is 8. The van der Waals surface area contributed by atoms with Crippen LogP contribution in [-0.2, 0) is 14.3 Å². The van der Waals surface area contributed by atoms with Crippen molar-refractivity contribution in [2.24, 2.45) is 0 Å². The molecule has 10 heteroatoms. The lowest BCUT2D eigenvalue weighted by Gasteiger charge is -2.17. The molecule has 0 saturated carbocycles. The van der Waals surface area contributed by atoms with Crippen molar-refractivity contribution in [1.82, 2.24) is 0 Å². The molecule has 1 amide bonds. The number of anilines is 1. The van der Waals surface area contributed by atoms with E-state index in [4.69, 9.17) is 26.4 Å². The molecule has 0 spiro atoms. The smallest absolute Gasteiger partial charge is 0.343 e. The number of halogens is 1. The van der Waals surface area contributed by atoms with Crippen molar-refractivity contribution in [3.8, 4) is 17.2 Å². The molecule has 162 valence electrons. The summed E-state index contributed by atoms with van der Waals surface area (Å²) in [5.41, 5.74) is 1.27. The predicted octanol–water partition coefficient (Wildman–Crippen LogP) is 4.42. The third-order valence-corrected chi connectivity index (χ3v) is 6.25. The van der Waals surface area contributed by atoms with Crippen molar-refractivity contribution in [3.05, 3.63) is 51.3 Å². The molecule has 2 aromatic rings. The van der Waals surface area contributed by atoms with Gasteiger partial charge in [0.05, 0.1) is 31.9 Å². The Morgan fingerprint density at radius 3 is 2.52 bits per heavy atom. The zero-order valence-corrected chi connectivity index (χ0v) is 20.1. The molecule has 1 saturated heterocycles. The number of nitrogens with zero attached hydrogens (tertiary/aromatic N) is 1. The molecule has 0 bridgehead atoms. The number of esters is 1. The number of amides is 1. The third-order valence-electron chi connectivity index (χ3n) is 4.26. The molecule has 0 radical (unpaired) electrons. The molecule has 0 N–H and O–H groups in total. The second kappa shape index (κ2) is 10.2. The van der Waals surface area contributed by atoms with Crippen LogP contribution >= 0.6 is 39.9 Å². The first-order valence-electron chi connectivity index (χ1n) is 8.87. The monoisotopic (exact) mass is 523 g/mol. The Bertz CT molecular complexity index is 1070. The Kier molecular flexibility index (Phi) is 7.58. The number of carbonyl (C=O) groups excluding carboxylic acids is 2. The van der Waals surface area contributed by atoms with Gasteiger partial charge in [-0.1, -0.05) is 52.0 Å². The fourth-order valence-electron chi connectivity index (χ4n) is 2.76. The number of ether oxygens (including phenoxy) is 4. The molecule has 1 aliphatic heterocycles. The van der Waals surface area contributed by atoms with E-state index in [1.165, 1.54) is 30.9 Å². The highest BCUT2D eigenvalue weighted by molar-refractivity contribution is 9.10. The van der Waals surface area contributed by atoms with Crippen LogP contribution in [0.4, 0.5) is 5.69 Å². The lowest BCUT2D eigenvalue weighted by molar-refractivity contribution is -0.142. The molecule has 7 nitrogen and oxygen atoms in total. The summed E-state index contributed by atoms with van der Waals surface area (Å²) in [7, 11) is 4.31. The molecule has 0 aliphatic carbocycles. The normalized spacial score (nSPS) is 14.7. The predicted molar refractivity (Wildman–Crippen MR) is 127 cm³/mol. The number of methoxy groups -OCH3 is 3. The van der Waals surface area contributed by atoms with Gasteiger partial charge in [-0.15, -0.1) is 0 Å². The van der Waals surface area contributed by atoms with Crippen LogP contribution < -0.4 is 19.1 Å². The average Bonchev–Trinajstić information content (AvgIpc) is 3.05. The second-order valence-corrected chi connectivity index (χ2v) is 8.61.